The third-order valence-electron chi connectivity index (χ3n) is 2.59. The number of nitro benzene ring substituents is 1. The van der Waals surface area contributed by atoms with Crippen molar-refractivity contribution in [3.05, 3.63) is 56.7 Å². The molecule has 9 heteroatoms. The second-order valence-corrected chi connectivity index (χ2v) is 4.78. The van der Waals surface area contributed by atoms with Gasteiger partial charge in [0.25, 0.3) is 11.6 Å². The average molecular weight is 352 g/mol. The van der Waals surface area contributed by atoms with Crippen molar-refractivity contribution in [1.82, 2.24) is 4.98 Å². The van der Waals surface area contributed by atoms with E-state index in [2.05, 4.69) is 31.7 Å². The van der Waals surface area contributed by atoms with Crippen molar-refractivity contribution in [2.45, 2.75) is 0 Å². The first kappa shape index (κ1) is 14.9. The maximum atomic E-state index is 12.1. The van der Waals surface area contributed by atoms with Gasteiger partial charge in [-0.1, -0.05) is 0 Å². The quantitative estimate of drug-likeness (QED) is 0.441. The van der Waals surface area contributed by atoms with Crippen LogP contribution in [0.1, 0.15) is 10.4 Å². The third-order valence-corrected chi connectivity index (χ3v) is 3.26. The van der Waals surface area contributed by atoms with Crippen LogP contribution in [0.2, 0.25) is 0 Å². The van der Waals surface area contributed by atoms with Gasteiger partial charge in [-0.05, 0) is 40.2 Å². The van der Waals surface area contributed by atoms with Crippen LogP contribution in [0.5, 0.6) is 0 Å². The molecule has 0 bridgehead atoms. The van der Waals surface area contributed by atoms with Crippen LogP contribution in [0.25, 0.3) is 0 Å². The molecule has 0 aliphatic carbocycles. The number of benzene rings is 1. The summed E-state index contributed by atoms with van der Waals surface area (Å²) in [6.45, 7) is 0. The predicted molar refractivity (Wildman–Crippen MR) is 80.8 cm³/mol. The lowest BCUT2D eigenvalue weighted by atomic mass is 10.2. The Hall–Kier alpha value is -2.52. The Morgan fingerprint density at radius 2 is 2.14 bits per heavy atom. The molecule has 2 aromatic rings. The number of nitrogen functional groups attached to an aromatic ring is 1. The lowest BCUT2D eigenvalue weighted by Gasteiger charge is -2.08. The summed E-state index contributed by atoms with van der Waals surface area (Å²) < 4.78 is 0.330. The van der Waals surface area contributed by atoms with E-state index in [0.717, 1.165) is 0 Å². The van der Waals surface area contributed by atoms with Crippen molar-refractivity contribution in [2.24, 2.45) is 5.84 Å². The number of hydrazine groups is 1. The van der Waals surface area contributed by atoms with Crippen molar-refractivity contribution in [3.8, 4) is 0 Å². The standard InChI is InChI=1S/C12H10BrN5O3/c13-9-4-3-7(6-10(9)18(20)21)16-12(19)8-2-1-5-15-11(8)17-14/h1-6H,14H2,(H,15,17)(H,16,19). The van der Waals surface area contributed by atoms with E-state index in [1.165, 1.54) is 24.4 Å². The number of carbonyl (C=O) groups excluding carboxylic acids is 1. The molecule has 0 unspecified atom stereocenters. The zero-order chi connectivity index (χ0) is 15.4. The molecule has 108 valence electrons. The van der Waals surface area contributed by atoms with E-state index in [4.69, 9.17) is 5.84 Å². The number of hydrogen-bond acceptors (Lipinski definition) is 6. The van der Waals surface area contributed by atoms with Crippen LogP contribution in [0.3, 0.4) is 0 Å². The number of halogens is 1. The topological polar surface area (TPSA) is 123 Å². The second-order valence-electron chi connectivity index (χ2n) is 3.92. The number of carbonyl (C=O) groups is 1. The van der Waals surface area contributed by atoms with Crippen molar-refractivity contribution >= 4 is 39.0 Å². The molecule has 1 heterocycles. The zero-order valence-electron chi connectivity index (χ0n) is 10.5. The van der Waals surface area contributed by atoms with E-state index in [0.29, 0.717) is 10.2 Å². The van der Waals surface area contributed by atoms with Crippen LogP contribution in [-0.4, -0.2) is 15.8 Å². The number of nitro groups is 1. The summed E-state index contributed by atoms with van der Waals surface area (Å²) in [7, 11) is 0. The number of pyridine rings is 1. The molecule has 0 spiro atoms. The fourth-order valence-electron chi connectivity index (χ4n) is 1.63. The fraction of sp³-hybridized carbons (Fsp3) is 0. The molecule has 4 N–H and O–H groups in total. The minimum absolute atomic E-state index is 0.142. The minimum Gasteiger partial charge on any atom is -0.322 e. The first-order valence-corrected chi connectivity index (χ1v) is 6.49. The Morgan fingerprint density at radius 1 is 1.38 bits per heavy atom. The highest BCUT2D eigenvalue weighted by atomic mass is 79.9. The van der Waals surface area contributed by atoms with Gasteiger partial charge >= 0.3 is 0 Å². The van der Waals surface area contributed by atoms with Gasteiger partial charge in [0.15, 0.2) is 5.82 Å². The maximum absolute atomic E-state index is 12.1. The van der Waals surface area contributed by atoms with Gasteiger partial charge in [0.05, 0.1) is 15.0 Å². The second kappa shape index (κ2) is 6.29. The lowest BCUT2D eigenvalue weighted by Crippen LogP contribution is -2.18. The van der Waals surface area contributed by atoms with Crippen LogP contribution in [-0.2, 0) is 0 Å². The van der Waals surface area contributed by atoms with Gasteiger partial charge in [-0.2, -0.15) is 0 Å². The van der Waals surface area contributed by atoms with Gasteiger partial charge in [0, 0.05) is 18.0 Å². The molecular formula is C12H10BrN5O3. The molecule has 0 atom stereocenters. The molecule has 0 fully saturated rings. The van der Waals surface area contributed by atoms with Crippen LogP contribution in [0.4, 0.5) is 17.2 Å². The summed E-state index contributed by atoms with van der Waals surface area (Å²) in [4.78, 5) is 26.4. The van der Waals surface area contributed by atoms with E-state index in [1.807, 2.05) is 0 Å². The van der Waals surface area contributed by atoms with Crippen molar-refractivity contribution in [3.63, 3.8) is 0 Å². The van der Waals surface area contributed by atoms with Crippen LogP contribution in [0.15, 0.2) is 41.0 Å². The van der Waals surface area contributed by atoms with Crippen molar-refractivity contribution in [2.75, 3.05) is 10.7 Å². The Bertz CT molecular complexity index is 707. The number of rotatable bonds is 4. The molecule has 1 amide bonds. The normalized spacial score (nSPS) is 10.0. The van der Waals surface area contributed by atoms with Crippen LogP contribution in [0, 0.1) is 10.1 Å². The molecule has 1 aromatic carbocycles. The lowest BCUT2D eigenvalue weighted by molar-refractivity contribution is -0.385. The Morgan fingerprint density at radius 3 is 2.81 bits per heavy atom. The summed E-state index contributed by atoms with van der Waals surface area (Å²) in [6, 6.07) is 7.40. The SMILES string of the molecule is NNc1ncccc1C(=O)Nc1ccc(Br)c([N+](=O)[O-])c1. The summed E-state index contributed by atoms with van der Waals surface area (Å²) in [5.74, 6) is 5.01. The van der Waals surface area contributed by atoms with Crippen LogP contribution < -0.4 is 16.6 Å². The first-order chi connectivity index (χ1) is 10.0. The molecule has 0 saturated heterocycles. The van der Waals surface area contributed by atoms with E-state index < -0.39 is 10.8 Å². The summed E-state index contributed by atoms with van der Waals surface area (Å²) in [5, 5.41) is 13.4. The number of nitrogens with two attached hydrogens (primary N) is 1. The van der Waals surface area contributed by atoms with Crippen molar-refractivity contribution < 1.29 is 9.72 Å². The summed E-state index contributed by atoms with van der Waals surface area (Å²) >= 11 is 3.07. The molecule has 8 nitrogen and oxygen atoms in total. The van der Waals surface area contributed by atoms with Gasteiger partial charge in [-0.15, -0.1) is 0 Å². The number of aromatic nitrogens is 1. The summed E-state index contributed by atoms with van der Waals surface area (Å²) in [5.41, 5.74) is 2.69. The molecule has 0 aliphatic heterocycles. The van der Waals surface area contributed by atoms with Crippen molar-refractivity contribution in [1.29, 1.82) is 0 Å². The number of hydrogen-bond donors (Lipinski definition) is 3. The Kier molecular flexibility index (Phi) is 4.45. The van der Waals surface area contributed by atoms with Gasteiger partial charge in [0.2, 0.25) is 0 Å². The van der Waals surface area contributed by atoms with E-state index in [1.54, 1.807) is 12.1 Å². The zero-order valence-corrected chi connectivity index (χ0v) is 12.1. The third kappa shape index (κ3) is 3.33. The number of anilines is 2. The molecule has 0 aliphatic rings. The monoisotopic (exact) mass is 351 g/mol. The minimum atomic E-state index is -0.545. The number of amides is 1. The van der Waals surface area contributed by atoms with Gasteiger partial charge < -0.3 is 10.7 Å². The molecule has 0 saturated carbocycles. The highest BCUT2D eigenvalue weighted by Gasteiger charge is 2.16. The highest BCUT2D eigenvalue weighted by molar-refractivity contribution is 9.10. The highest BCUT2D eigenvalue weighted by Crippen LogP contribution is 2.28. The smallest absolute Gasteiger partial charge is 0.285 e. The summed E-state index contributed by atoms with van der Waals surface area (Å²) in [6.07, 6.45) is 1.48. The van der Waals surface area contributed by atoms with E-state index >= 15 is 0 Å². The van der Waals surface area contributed by atoms with Gasteiger partial charge in [-0.3, -0.25) is 14.9 Å². The number of nitrogens with one attached hydrogen (secondary N) is 2. The fourth-order valence-corrected chi connectivity index (χ4v) is 2.02. The molecular weight excluding hydrogens is 342 g/mol. The Balaban J connectivity index is 2.28. The molecule has 1 aromatic heterocycles. The van der Waals surface area contributed by atoms with Gasteiger partial charge in [0.1, 0.15) is 0 Å². The maximum Gasteiger partial charge on any atom is 0.285 e. The van der Waals surface area contributed by atoms with E-state index in [-0.39, 0.29) is 17.1 Å². The average Bonchev–Trinajstić information content (AvgIpc) is 2.48. The molecule has 0 radical (unpaired) electrons. The Labute approximate surface area is 127 Å². The first-order valence-electron chi connectivity index (χ1n) is 5.70. The molecule has 21 heavy (non-hydrogen) atoms. The van der Waals surface area contributed by atoms with E-state index in [9.17, 15) is 14.9 Å². The number of nitrogens with zero attached hydrogens (tertiary/aromatic N) is 2. The molecule has 2 rings (SSSR count). The van der Waals surface area contributed by atoms with Crippen LogP contribution >= 0.6 is 15.9 Å². The largest absolute Gasteiger partial charge is 0.322 e. The van der Waals surface area contributed by atoms with Gasteiger partial charge in [-0.25, -0.2) is 10.8 Å². The predicted octanol–water partition coefficient (Wildman–Crippen LogP) is 2.29.